The molecular weight excluding hydrogens is 347 g/mol. The Bertz CT molecular complexity index is 824. The van der Waals surface area contributed by atoms with Crippen molar-refractivity contribution in [3.8, 4) is 11.3 Å². The van der Waals surface area contributed by atoms with Gasteiger partial charge in [-0.15, -0.1) is 0 Å². The minimum Gasteiger partial charge on any atom is -0.383 e. The summed E-state index contributed by atoms with van der Waals surface area (Å²) in [5, 5.41) is 0. The molecule has 0 spiro atoms. The Hall–Kier alpha value is -2.02. The van der Waals surface area contributed by atoms with Crippen LogP contribution in [0.2, 0.25) is 0 Å². The van der Waals surface area contributed by atoms with Gasteiger partial charge in [0, 0.05) is 16.2 Å². The van der Waals surface area contributed by atoms with Gasteiger partial charge in [0.2, 0.25) is 0 Å². The number of pyridine rings is 1. The summed E-state index contributed by atoms with van der Waals surface area (Å²) in [4.78, 5) is 4.30. The number of fused-ring (bicyclic) bond motifs is 1. The molecule has 0 fully saturated rings. The van der Waals surface area contributed by atoms with Crippen molar-refractivity contribution >= 4 is 27.4 Å². The molecule has 2 N–H and O–H groups in total. The van der Waals surface area contributed by atoms with Crippen LogP contribution in [-0.2, 0) is 6.18 Å². The third-order valence-electron chi connectivity index (χ3n) is 3.08. The predicted octanol–water partition coefficient (Wildman–Crippen LogP) is 4.36. The van der Waals surface area contributed by atoms with Crippen molar-refractivity contribution < 1.29 is 13.2 Å². The lowest BCUT2D eigenvalue weighted by Crippen LogP contribution is -2.04. The van der Waals surface area contributed by atoms with Crippen molar-refractivity contribution in [1.82, 2.24) is 9.38 Å². The Labute approximate surface area is 126 Å². The zero-order valence-corrected chi connectivity index (χ0v) is 12.1. The van der Waals surface area contributed by atoms with E-state index in [1.54, 1.807) is 28.8 Å². The lowest BCUT2D eigenvalue weighted by atomic mass is 10.1. The molecule has 2 heterocycles. The molecule has 0 aliphatic heterocycles. The smallest absolute Gasteiger partial charge is 0.383 e. The van der Waals surface area contributed by atoms with Gasteiger partial charge in [0.25, 0.3) is 0 Å². The summed E-state index contributed by atoms with van der Waals surface area (Å²) in [5.74, 6) is 0.297. The van der Waals surface area contributed by atoms with Gasteiger partial charge in [0.05, 0.1) is 5.56 Å². The van der Waals surface area contributed by atoms with Crippen LogP contribution in [-0.4, -0.2) is 9.38 Å². The fourth-order valence-corrected chi connectivity index (χ4v) is 2.43. The average molecular weight is 356 g/mol. The van der Waals surface area contributed by atoms with E-state index in [2.05, 4.69) is 20.9 Å². The molecule has 108 valence electrons. The number of anilines is 1. The van der Waals surface area contributed by atoms with Crippen molar-refractivity contribution in [2.75, 3.05) is 5.73 Å². The number of hydrogen-bond acceptors (Lipinski definition) is 2. The molecule has 3 aromatic rings. The number of aromatic nitrogens is 2. The van der Waals surface area contributed by atoms with Crippen molar-refractivity contribution in [3.63, 3.8) is 0 Å². The Morgan fingerprint density at radius 2 is 1.90 bits per heavy atom. The fourth-order valence-electron chi connectivity index (χ4n) is 2.09. The summed E-state index contributed by atoms with van der Waals surface area (Å²) in [6, 6.07) is 8.49. The first kappa shape index (κ1) is 13.9. The Morgan fingerprint density at radius 1 is 1.14 bits per heavy atom. The normalized spacial score (nSPS) is 12.0. The number of alkyl halides is 3. The van der Waals surface area contributed by atoms with Crippen LogP contribution >= 0.6 is 15.9 Å². The molecule has 21 heavy (non-hydrogen) atoms. The largest absolute Gasteiger partial charge is 0.416 e. The SMILES string of the molecule is Nc1c(-c2cccc(C(F)(F)F)c2)nc2ccc(Br)cn12. The molecule has 3 rings (SSSR count). The van der Waals surface area contributed by atoms with Crippen LogP contribution in [0.4, 0.5) is 19.0 Å². The lowest BCUT2D eigenvalue weighted by molar-refractivity contribution is -0.137. The van der Waals surface area contributed by atoms with Gasteiger partial charge in [-0.2, -0.15) is 13.2 Å². The average Bonchev–Trinajstić information content (AvgIpc) is 2.75. The summed E-state index contributed by atoms with van der Waals surface area (Å²) < 4.78 is 40.8. The first-order valence-corrected chi connectivity index (χ1v) is 6.76. The minimum atomic E-state index is -4.40. The van der Waals surface area contributed by atoms with Crippen LogP contribution in [0.5, 0.6) is 0 Å². The van der Waals surface area contributed by atoms with E-state index in [0.717, 1.165) is 16.6 Å². The van der Waals surface area contributed by atoms with E-state index in [9.17, 15) is 13.2 Å². The number of nitrogens with two attached hydrogens (primary N) is 1. The third kappa shape index (κ3) is 2.49. The first-order valence-electron chi connectivity index (χ1n) is 5.97. The van der Waals surface area contributed by atoms with E-state index in [0.29, 0.717) is 22.7 Å². The topological polar surface area (TPSA) is 43.3 Å². The summed E-state index contributed by atoms with van der Waals surface area (Å²) in [5.41, 5.74) is 6.51. The van der Waals surface area contributed by atoms with Gasteiger partial charge < -0.3 is 5.73 Å². The summed E-state index contributed by atoms with van der Waals surface area (Å²) in [6.07, 6.45) is -2.68. The molecule has 0 radical (unpaired) electrons. The van der Waals surface area contributed by atoms with Crippen LogP contribution in [0, 0.1) is 0 Å². The number of benzene rings is 1. The highest BCUT2D eigenvalue weighted by Crippen LogP contribution is 2.34. The molecule has 2 aromatic heterocycles. The summed E-state index contributed by atoms with van der Waals surface area (Å²) in [7, 11) is 0. The van der Waals surface area contributed by atoms with Gasteiger partial charge in [0.15, 0.2) is 0 Å². The van der Waals surface area contributed by atoms with Crippen LogP contribution in [0.15, 0.2) is 47.1 Å². The maximum Gasteiger partial charge on any atom is 0.416 e. The van der Waals surface area contributed by atoms with Crippen LogP contribution < -0.4 is 5.73 Å². The zero-order valence-electron chi connectivity index (χ0n) is 10.5. The van der Waals surface area contributed by atoms with Gasteiger partial charge in [-0.3, -0.25) is 4.40 Å². The van der Waals surface area contributed by atoms with Crippen molar-refractivity contribution in [3.05, 3.63) is 52.6 Å². The van der Waals surface area contributed by atoms with Crippen molar-refractivity contribution in [2.45, 2.75) is 6.18 Å². The minimum absolute atomic E-state index is 0.297. The number of nitrogen functional groups attached to an aromatic ring is 1. The highest BCUT2D eigenvalue weighted by molar-refractivity contribution is 9.10. The third-order valence-corrected chi connectivity index (χ3v) is 3.55. The standard InChI is InChI=1S/C14H9BrF3N3/c15-10-4-5-11-20-12(13(19)21(11)7-10)8-2-1-3-9(6-8)14(16,17)18/h1-7H,19H2. The van der Waals surface area contributed by atoms with Crippen LogP contribution in [0.3, 0.4) is 0 Å². The molecular formula is C14H9BrF3N3. The zero-order chi connectivity index (χ0) is 15.2. The van der Waals surface area contributed by atoms with Gasteiger partial charge >= 0.3 is 6.18 Å². The van der Waals surface area contributed by atoms with Crippen LogP contribution in [0.25, 0.3) is 16.9 Å². The fraction of sp³-hybridized carbons (Fsp3) is 0.0714. The van der Waals surface area contributed by atoms with Gasteiger partial charge in [-0.05, 0) is 40.2 Å². The predicted molar refractivity (Wildman–Crippen MR) is 77.7 cm³/mol. The van der Waals surface area contributed by atoms with Crippen molar-refractivity contribution in [2.24, 2.45) is 0 Å². The van der Waals surface area contributed by atoms with E-state index in [1.807, 2.05) is 0 Å². The highest BCUT2D eigenvalue weighted by atomic mass is 79.9. The number of hydrogen-bond donors (Lipinski definition) is 1. The number of imidazole rings is 1. The quantitative estimate of drug-likeness (QED) is 0.704. The van der Waals surface area contributed by atoms with E-state index < -0.39 is 11.7 Å². The molecule has 0 bridgehead atoms. The molecule has 0 aliphatic rings. The van der Waals surface area contributed by atoms with Gasteiger partial charge in [-0.1, -0.05) is 12.1 Å². The second-order valence-electron chi connectivity index (χ2n) is 4.50. The Morgan fingerprint density at radius 3 is 2.62 bits per heavy atom. The second kappa shape index (κ2) is 4.77. The number of nitrogens with zero attached hydrogens (tertiary/aromatic N) is 2. The van der Waals surface area contributed by atoms with E-state index in [4.69, 9.17) is 5.73 Å². The van der Waals surface area contributed by atoms with Gasteiger partial charge in [-0.25, -0.2) is 4.98 Å². The van der Waals surface area contributed by atoms with Gasteiger partial charge in [0.1, 0.15) is 17.2 Å². The molecule has 0 aliphatic carbocycles. The summed E-state index contributed by atoms with van der Waals surface area (Å²) >= 11 is 3.32. The molecule has 0 saturated heterocycles. The molecule has 1 aromatic carbocycles. The summed E-state index contributed by atoms with van der Waals surface area (Å²) in [6.45, 7) is 0. The molecule has 0 amide bonds. The molecule has 0 unspecified atom stereocenters. The lowest BCUT2D eigenvalue weighted by Gasteiger charge is -2.07. The molecule has 3 nitrogen and oxygen atoms in total. The monoisotopic (exact) mass is 355 g/mol. The Kier molecular flexibility index (Phi) is 3.16. The number of rotatable bonds is 1. The van der Waals surface area contributed by atoms with E-state index in [-0.39, 0.29) is 0 Å². The first-order chi connectivity index (χ1) is 9.86. The molecule has 0 atom stereocenters. The highest BCUT2D eigenvalue weighted by Gasteiger charge is 2.30. The van der Waals surface area contributed by atoms with Crippen LogP contribution in [0.1, 0.15) is 5.56 Å². The Balaban J connectivity index is 2.19. The van der Waals surface area contributed by atoms with E-state index in [1.165, 1.54) is 6.07 Å². The number of halogens is 4. The second-order valence-corrected chi connectivity index (χ2v) is 5.42. The molecule has 7 heteroatoms. The maximum atomic E-state index is 12.8. The molecule has 0 saturated carbocycles. The van der Waals surface area contributed by atoms with Crippen molar-refractivity contribution in [1.29, 1.82) is 0 Å². The maximum absolute atomic E-state index is 12.8. The van der Waals surface area contributed by atoms with E-state index >= 15 is 0 Å².